The zero-order chi connectivity index (χ0) is 14.5. The summed E-state index contributed by atoms with van der Waals surface area (Å²) in [7, 11) is 0. The van der Waals surface area contributed by atoms with Crippen LogP contribution < -0.4 is 5.32 Å². The molecule has 0 saturated heterocycles. The lowest BCUT2D eigenvalue weighted by Gasteiger charge is -2.06. The van der Waals surface area contributed by atoms with Gasteiger partial charge in [0.1, 0.15) is 0 Å². The summed E-state index contributed by atoms with van der Waals surface area (Å²) in [4.78, 5) is 11.9. The van der Waals surface area contributed by atoms with Crippen molar-refractivity contribution in [2.75, 3.05) is 0 Å². The summed E-state index contributed by atoms with van der Waals surface area (Å²) >= 11 is 5.80. The van der Waals surface area contributed by atoms with Crippen molar-refractivity contribution in [1.29, 1.82) is 0 Å². The molecule has 0 saturated carbocycles. The molecule has 0 aliphatic rings. The second-order valence-corrected chi connectivity index (χ2v) is 5.24. The van der Waals surface area contributed by atoms with Gasteiger partial charge < -0.3 is 5.32 Å². The summed E-state index contributed by atoms with van der Waals surface area (Å²) in [6.07, 6.45) is 0. The van der Waals surface area contributed by atoms with E-state index in [1.54, 1.807) is 18.2 Å². The van der Waals surface area contributed by atoms with Crippen LogP contribution in [-0.4, -0.2) is 16.1 Å². The van der Waals surface area contributed by atoms with Gasteiger partial charge >= 0.3 is 0 Å². The van der Waals surface area contributed by atoms with E-state index < -0.39 is 0 Å². The maximum atomic E-state index is 11.9. The molecule has 0 bridgehead atoms. The molecular formula is C15H16ClN3O. The fraction of sp³-hybridized carbons (Fsp3) is 0.267. The number of carbonyl (C=O) groups excluding carboxylic acids is 1. The van der Waals surface area contributed by atoms with Gasteiger partial charge in [-0.15, -0.1) is 5.10 Å². The Bertz CT molecular complexity index is 579. The van der Waals surface area contributed by atoms with Crippen LogP contribution in [0, 0.1) is 0 Å². The van der Waals surface area contributed by atoms with Gasteiger partial charge in [-0.2, -0.15) is 5.10 Å². The Hall–Kier alpha value is -1.94. The fourth-order valence-electron chi connectivity index (χ4n) is 1.65. The minimum absolute atomic E-state index is 0.234. The zero-order valence-corrected chi connectivity index (χ0v) is 12.2. The maximum Gasteiger partial charge on any atom is 0.272 e. The van der Waals surface area contributed by atoms with Crippen LogP contribution in [-0.2, 0) is 6.54 Å². The highest BCUT2D eigenvalue weighted by Gasteiger charge is 2.09. The van der Waals surface area contributed by atoms with Crippen LogP contribution in [0.3, 0.4) is 0 Å². The van der Waals surface area contributed by atoms with E-state index in [1.165, 1.54) is 0 Å². The first-order valence-corrected chi connectivity index (χ1v) is 6.80. The molecule has 0 aliphatic carbocycles. The molecule has 4 nitrogen and oxygen atoms in total. The van der Waals surface area contributed by atoms with E-state index in [2.05, 4.69) is 15.5 Å². The smallest absolute Gasteiger partial charge is 0.272 e. The highest BCUT2D eigenvalue weighted by molar-refractivity contribution is 6.30. The van der Waals surface area contributed by atoms with Crippen LogP contribution >= 0.6 is 11.6 Å². The number of nitrogens with zero attached hydrogens (tertiary/aromatic N) is 2. The first kappa shape index (κ1) is 14.5. The Balaban J connectivity index is 1.96. The summed E-state index contributed by atoms with van der Waals surface area (Å²) in [5.74, 6) is 0.0661. The predicted molar refractivity (Wildman–Crippen MR) is 78.7 cm³/mol. The molecule has 2 rings (SSSR count). The van der Waals surface area contributed by atoms with Crippen molar-refractivity contribution in [3.8, 4) is 0 Å². The van der Waals surface area contributed by atoms with Crippen molar-refractivity contribution in [1.82, 2.24) is 15.5 Å². The standard InChI is InChI=1S/C15H16ClN3O/c1-10(2)13-7-8-14(19-18-13)15(20)17-9-11-3-5-12(16)6-4-11/h3-8,10H,9H2,1-2H3,(H,17,20). The molecule has 1 N–H and O–H groups in total. The van der Waals surface area contributed by atoms with Gasteiger partial charge in [0.25, 0.3) is 5.91 Å². The van der Waals surface area contributed by atoms with E-state index in [4.69, 9.17) is 11.6 Å². The van der Waals surface area contributed by atoms with Crippen LogP contribution in [0.1, 0.15) is 41.5 Å². The van der Waals surface area contributed by atoms with E-state index >= 15 is 0 Å². The van der Waals surface area contributed by atoms with Gasteiger partial charge in [0.05, 0.1) is 5.69 Å². The zero-order valence-electron chi connectivity index (χ0n) is 11.4. The van der Waals surface area contributed by atoms with Crippen molar-refractivity contribution in [2.24, 2.45) is 0 Å². The topological polar surface area (TPSA) is 54.9 Å². The van der Waals surface area contributed by atoms with Crippen molar-refractivity contribution in [3.63, 3.8) is 0 Å². The third-order valence-electron chi connectivity index (χ3n) is 2.88. The van der Waals surface area contributed by atoms with Gasteiger partial charge in [0.2, 0.25) is 0 Å². The SMILES string of the molecule is CC(C)c1ccc(C(=O)NCc2ccc(Cl)cc2)nn1. The van der Waals surface area contributed by atoms with E-state index in [1.807, 2.05) is 32.0 Å². The molecule has 0 unspecified atom stereocenters. The molecule has 1 heterocycles. The largest absolute Gasteiger partial charge is 0.347 e. The highest BCUT2D eigenvalue weighted by Crippen LogP contribution is 2.11. The second-order valence-electron chi connectivity index (χ2n) is 4.81. The van der Waals surface area contributed by atoms with Crippen molar-refractivity contribution in [3.05, 3.63) is 58.4 Å². The lowest BCUT2D eigenvalue weighted by atomic mass is 10.1. The van der Waals surface area contributed by atoms with Crippen LogP contribution in [0.25, 0.3) is 0 Å². The number of halogens is 1. The number of hydrogen-bond donors (Lipinski definition) is 1. The van der Waals surface area contributed by atoms with E-state index in [0.717, 1.165) is 11.3 Å². The van der Waals surface area contributed by atoms with Crippen LogP contribution in [0.15, 0.2) is 36.4 Å². The molecule has 5 heteroatoms. The normalized spacial score (nSPS) is 10.6. The fourth-order valence-corrected chi connectivity index (χ4v) is 1.77. The lowest BCUT2D eigenvalue weighted by Crippen LogP contribution is -2.24. The van der Waals surface area contributed by atoms with Gasteiger partial charge in [-0.25, -0.2) is 0 Å². The number of benzene rings is 1. The number of amides is 1. The van der Waals surface area contributed by atoms with Gasteiger partial charge in [-0.05, 0) is 35.7 Å². The van der Waals surface area contributed by atoms with Crippen molar-refractivity contribution in [2.45, 2.75) is 26.3 Å². The highest BCUT2D eigenvalue weighted by atomic mass is 35.5. The van der Waals surface area contributed by atoms with Crippen molar-refractivity contribution >= 4 is 17.5 Å². The molecule has 1 aromatic carbocycles. The number of aromatic nitrogens is 2. The third kappa shape index (κ3) is 3.78. The summed E-state index contributed by atoms with van der Waals surface area (Å²) in [6.45, 7) is 4.50. The van der Waals surface area contributed by atoms with Crippen molar-refractivity contribution < 1.29 is 4.79 Å². The minimum Gasteiger partial charge on any atom is -0.347 e. The molecule has 2 aromatic rings. The minimum atomic E-state index is -0.234. The lowest BCUT2D eigenvalue weighted by molar-refractivity contribution is 0.0944. The molecule has 0 radical (unpaired) electrons. The molecule has 1 amide bonds. The molecule has 104 valence electrons. The van der Waals surface area contributed by atoms with E-state index in [0.29, 0.717) is 23.2 Å². The summed E-state index contributed by atoms with van der Waals surface area (Å²) in [6, 6.07) is 10.8. The summed E-state index contributed by atoms with van der Waals surface area (Å²) in [5.41, 5.74) is 2.18. The Morgan fingerprint density at radius 2 is 1.85 bits per heavy atom. The molecule has 0 atom stereocenters. The Morgan fingerprint density at radius 1 is 1.15 bits per heavy atom. The number of nitrogens with one attached hydrogen (secondary N) is 1. The Labute approximate surface area is 123 Å². The molecule has 20 heavy (non-hydrogen) atoms. The summed E-state index contributed by atoms with van der Waals surface area (Å²) in [5, 5.41) is 11.5. The van der Waals surface area contributed by atoms with E-state index in [-0.39, 0.29) is 5.91 Å². The number of hydrogen-bond acceptors (Lipinski definition) is 3. The molecule has 0 spiro atoms. The van der Waals surface area contributed by atoms with Crippen LogP contribution in [0.4, 0.5) is 0 Å². The average Bonchev–Trinajstić information content (AvgIpc) is 2.46. The molecular weight excluding hydrogens is 274 g/mol. The quantitative estimate of drug-likeness (QED) is 0.940. The number of carbonyl (C=O) groups is 1. The monoisotopic (exact) mass is 289 g/mol. The Kier molecular flexibility index (Phi) is 4.69. The number of rotatable bonds is 4. The van der Waals surface area contributed by atoms with Crippen LogP contribution in [0.2, 0.25) is 5.02 Å². The van der Waals surface area contributed by atoms with Gasteiger partial charge in [-0.1, -0.05) is 37.6 Å². The maximum absolute atomic E-state index is 11.9. The van der Waals surface area contributed by atoms with Gasteiger partial charge in [0.15, 0.2) is 5.69 Å². The average molecular weight is 290 g/mol. The van der Waals surface area contributed by atoms with E-state index in [9.17, 15) is 4.79 Å². The molecule has 0 aliphatic heterocycles. The first-order chi connectivity index (χ1) is 9.56. The third-order valence-corrected chi connectivity index (χ3v) is 3.13. The molecule has 0 fully saturated rings. The van der Waals surface area contributed by atoms with Crippen LogP contribution in [0.5, 0.6) is 0 Å². The summed E-state index contributed by atoms with van der Waals surface area (Å²) < 4.78 is 0. The Morgan fingerprint density at radius 3 is 2.40 bits per heavy atom. The predicted octanol–water partition coefficient (Wildman–Crippen LogP) is 3.18. The van der Waals surface area contributed by atoms with Gasteiger partial charge in [-0.3, -0.25) is 4.79 Å². The second kappa shape index (κ2) is 6.48. The first-order valence-electron chi connectivity index (χ1n) is 6.42. The molecule has 1 aromatic heterocycles. The van der Waals surface area contributed by atoms with Gasteiger partial charge in [0, 0.05) is 11.6 Å².